The number of anilines is 2. The largest absolute Gasteiger partial charge is 0.465 e. The molecule has 8 heteroatoms. The summed E-state index contributed by atoms with van der Waals surface area (Å²) < 4.78 is 4.67. The SMILES string of the molecule is COC(=O)c1ccccc1NC(=O)Nc1nc(C)cc(C)n1.Cl. The highest BCUT2D eigenvalue weighted by Gasteiger charge is 2.13. The number of hydrogen-bond acceptors (Lipinski definition) is 5. The number of esters is 1. The molecular weight excluding hydrogens is 320 g/mol. The number of aromatic nitrogens is 2. The summed E-state index contributed by atoms with van der Waals surface area (Å²) in [6, 6.07) is 7.82. The molecule has 1 heterocycles. The zero-order valence-corrected chi connectivity index (χ0v) is 13.7. The number of ether oxygens (including phenoxy) is 1. The van der Waals surface area contributed by atoms with Crippen molar-refractivity contribution in [3.05, 3.63) is 47.3 Å². The number of aryl methyl sites for hydroxylation is 2. The number of para-hydroxylation sites is 1. The first-order valence-electron chi connectivity index (χ1n) is 6.57. The molecule has 1 aromatic carbocycles. The molecule has 0 aliphatic carbocycles. The molecule has 122 valence electrons. The fraction of sp³-hybridized carbons (Fsp3) is 0.200. The van der Waals surface area contributed by atoms with Crippen LogP contribution in [0.15, 0.2) is 30.3 Å². The summed E-state index contributed by atoms with van der Waals surface area (Å²) in [6.45, 7) is 3.62. The first-order valence-corrected chi connectivity index (χ1v) is 6.57. The Morgan fingerprint density at radius 2 is 1.65 bits per heavy atom. The second-order valence-corrected chi connectivity index (χ2v) is 4.59. The van der Waals surface area contributed by atoms with Gasteiger partial charge in [-0.1, -0.05) is 12.1 Å². The summed E-state index contributed by atoms with van der Waals surface area (Å²) in [5.41, 5.74) is 2.10. The number of carbonyl (C=O) groups is 2. The third kappa shape index (κ3) is 4.93. The number of nitrogens with zero attached hydrogens (tertiary/aromatic N) is 2. The molecule has 0 saturated heterocycles. The Hall–Kier alpha value is -2.67. The molecule has 0 aliphatic rings. The molecule has 0 bridgehead atoms. The smallest absolute Gasteiger partial charge is 0.339 e. The van der Waals surface area contributed by atoms with E-state index in [2.05, 4.69) is 25.3 Å². The van der Waals surface area contributed by atoms with Gasteiger partial charge in [0.2, 0.25) is 5.95 Å². The third-order valence-corrected chi connectivity index (χ3v) is 2.79. The Labute approximate surface area is 139 Å². The van der Waals surface area contributed by atoms with Gasteiger partial charge in [0.1, 0.15) is 0 Å². The Morgan fingerprint density at radius 1 is 1.04 bits per heavy atom. The van der Waals surface area contributed by atoms with E-state index >= 15 is 0 Å². The van der Waals surface area contributed by atoms with Crippen molar-refractivity contribution in [1.82, 2.24) is 9.97 Å². The minimum Gasteiger partial charge on any atom is -0.465 e. The van der Waals surface area contributed by atoms with Gasteiger partial charge >= 0.3 is 12.0 Å². The lowest BCUT2D eigenvalue weighted by atomic mass is 10.2. The Kier molecular flexibility index (Phi) is 6.47. The van der Waals surface area contributed by atoms with E-state index in [4.69, 9.17) is 0 Å². The minimum absolute atomic E-state index is 0. The second-order valence-electron chi connectivity index (χ2n) is 4.59. The van der Waals surface area contributed by atoms with Crippen molar-refractivity contribution < 1.29 is 14.3 Å². The summed E-state index contributed by atoms with van der Waals surface area (Å²) in [4.78, 5) is 31.9. The van der Waals surface area contributed by atoms with Gasteiger partial charge < -0.3 is 10.1 Å². The van der Waals surface area contributed by atoms with Gasteiger partial charge in [-0.3, -0.25) is 5.32 Å². The van der Waals surface area contributed by atoms with E-state index < -0.39 is 12.0 Å². The molecule has 0 unspecified atom stereocenters. The van der Waals surface area contributed by atoms with Crippen molar-refractivity contribution in [2.24, 2.45) is 0 Å². The van der Waals surface area contributed by atoms with E-state index in [9.17, 15) is 9.59 Å². The average Bonchev–Trinajstić information content (AvgIpc) is 2.45. The van der Waals surface area contributed by atoms with Crippen LogP contribution >= 0.6 is 12.4 Å². The number of hydrogen-bond donors (Lipinski definition) is 2. The summed E-state index contributed by atoms with van der Waals surface area (Å²) in [5.74, 6) is -0.330. The lowest BCUT2D eigenvalue weighted by Crippen LogP contribution is -2.22. The third-order valence-electron chi connectivity index (χ3n) is 2.79. The molecule has 2 amide bonds. The average molecular weight is 337 g/mol. The van der Waals surface area contributed by atoms with E-state index in [1.54, 1.807) is 30.3 Å². The number of carbonyl (C=O) groups excluding carboxylic acids is 2. The number of amides is 2. The predicted octanol–water partition coefficient (Wildman–Crippen LogP) is 2.95. The Balaban J connectivity index is 0.00000264. The zero-order chi connectivity index (χ0) is 16.1. The van der Waals surface area contributed by atoms with Gasteiger partial charge in [0.05, 0.1) is 18.4 Å². The first kappa shape index (κ1) is 18.4. The van der Waals surface area contributed by atoms with Crippen molar-refractivity contribution in [3.8, 4) is 0 Å². The van der Waals surface area contributed by atoms with Crippen LogP contribution < -0.4 is 10.6 Å². The van der Waals surface area contributed by atoms with Crippen molar-refractivity contribution in [2.45, 2.75) is 13.8 Å². The van der Waals surface area contributed by atoms with Crippen LogP contribution in [-0.2, 0) is 4.74 Å². The maximum Gasteiger partial charge on any atom is 0.339 e. The molecular formula is C15H17ClN4O3. The van der Waals surface area contributed by atoms with Crippen LogP contribution in [0.4, 0.5) is 16.4 Å². The topological polar surface area (TPSA) is 93.2 Å². The van der Waals surface area contributed by atoms with Crippen LogP contribution in [0.25, 0.3) is 0 Å². The van der Waals surface area contributed by atoms with Gasteiger partial charge in [0, 0.05) is 11.4 Å². The van der Waals surface area contributed by atoms with Crippen molar-refractivity contribution >= 4 is 36.0 Å². The van der Waals surface area contributed by atoms with E-state index in [0.717, 1.165) is 11.4 Å². The number of urea groups is 1. The van der Waals surface area contributed by atoms with Crippen LogP contribution in [0, 0.1) is 13.8 Å². The molecule has 0 atom stereocenters. The molecule has 0 fully saturated rings. The van der Waals surface area contributed by atoms with E-state index in [1.807, 2.05) is 13.8 Å². The van der Waals surface area contributed by atoms with Crippen molar-refractivity contribution in [3.63, 3.8) is 0 Å². The van der Waals surface area contributed by atoms with Gasteiger partial charge in [0.25, 0.3) is 0 Å². The van der Waals surface area contributed by atoms with E-state index in [1.165, 1.54) is 7.11 Å². The summed E-state index contributed by atoms with van der Waals surface area (Å²) in [5, 5.41) is 5.11. The van der Waals surface area contributed by atoms with Crippen LogP contribution in [0.5, 0.6) is 0 Å². The molecule has 2 N–H and O–H groups in total. The van der Waals surface area contributed by atoms with Gasteiger partial charge in [-0.2, -0.15) is 0 Å². The van der Waals surface area contributed by atoms with Gasteiger partial charge in [0.15, 0.2) is 0 Å². The number of methoxy groups -OCH3 is 1. The molecule has 23 heavy (non-hydrogen) atoms. The molecule has 0 radical (unpaired) electrons. The monoisotopic (exact) mass is 336 g/mol. The van der Waals surface area contributed by atoms with E-state index in [0.29, 0.717) is 5.69 Å². The van der Waals surface area contributed by atoms with Crippen LogP contribution in [-0.4, -0.2) is 29.1 Å². The number of benzene rings is 1. The summed E-state index contributed by atoms with van der Waals surface area (Å²) in [6.07, 6.45) is 0. The van der Waals surface area contributed by atoms with E-state index in [-0.39, 0.29) is 23.9 Å². The molecule has 0 spiro atoms. The Bertz CT molecular complexity index is 701. The van der Waals surface area contributed by atoms with Gasteiger partial charge in [-0.15, -0.1) is 12.4 Å². The molecule has 1 aromatic heterocycles. The van der Waals surface area contributed by atoms with Crippen LogP contribution in [0.2, 0.25) is 0 Å². The number of nitrogens with one attached hydrogen (secondary N) is 2. The lowest BCUT2D eigenvalue weighted by molar-refractivity contribution is 0.0602. The highest BCUT2D eigenvalue weighted by molar-refractivity contribution is 6.04. The molecule has 2 rings (SSSR count). The minimum atomic E-state index is -0.540. The normalized spacial score (nSPS) is 9.52. The maximum absolute atomic E-state index is 12.0. The quantitative estimate of drug-likeness (QED) is 0.840. The summed E-state index contributed by atoms with van der Waals surface area (Å²) >= 11 is 0. The van der Waals surface area contributed by atoms with Crippen molar-refractivity contribution in [1.29, 1.82) is 0 Å². The maximum atomic E-state index is 12.0. The molecule has 0 aliphatic heterocycles. The predicted molar refractivity (Wildman–Crippen MR) is 89.2 cm³/mol. The van der Waals surface area contributed by atoms with Gasteiger partial charge in [-0.25, -0.2) is 19.6 Å². The Morgan fingerprint density at radius 3 is 2.26 bits per heavy atom. The zero-order valence-electron chi connectivity index (χ0n) is 12.9. The lowest BCUT2D eigenvalue weighted by Gasteiger charge is -2.10. The summed E-state index contributed by atoms with van der Waals surface area (Å²) in [7, 11) is 1.28. The standard InChI is InChI=1S/C15H16N4O3.ClH/c1-9-8-10(2)17-14(16-9)19-15(21)18-12-7-5-4-6-11(12)13(20)22-3;/h4-8H,1-3H3,(H2,16,17,18,19,21);1H. The molecule has 2 aromatic rings. The molecule has 0 saturated carbocycles. The fourth-order valence-electron chi connectivity index (χ4n) is 1.92. The number of halogens is 1. The van der Waals surface area contributed by atoms with Crippen molar-refractivity contribution in [2.75, 3.05) is 17.7 Å². The van der Waals surface area contributed by atoms with Crippen LogP contribution in [0.1, 0.15) is 21.7 Å². The molecule has 7 nitrogen and oxygen atoms in total. The fourth-order valence-corrected chi connectivity index (χ4v) is 1.92. The second kappa shape index (κ2) is 8.09. The van der Waals surface area contributed by atoms with Gasteiger partial charge in [-0.05, 0) is 32.0 Å². The number of rotatable bonds is 3. The van der Waals surface area contributed by atoms with Crippen LogP contribution in [0.3, 0.4) is 0 Å². The first-order chi connectivity index (χ1) is 10.5. The highest BCUT2D eigenvalue weighted by atomic mass is 35.5. The highest BCUT2D eigenvalue weighted by Crippen LogP contribution is 2.16.